The number of benzene rings is 3. The van der Waals surface area contributed by atoms with Crippen LogP contribution in [0, 0.1) is 0 Å². The van der Waals surface area contributed by atoms with Gasteiger partial charge in [-0.3, -0.25) is 19.2 Å². The van der Waals surface area contributed by atoms with Gasteiger partial charge in [0.15, 0.2) is 0 Å². The Morgan fingerprint density at radius 1 is 0.554 bits per heavy atom. The highest BCUT2D eigenvalue weighted by Crippen LogP contribution is 2.36. The van der Waals surface area contributed by atoms with Gasteiger partial charge in [0.05, 0.1) is 29.9 Å². The third-order valence-corrected chi connectivity index (χ3v) is 10.9. The van der Waals surface area contributed by atoms with Gasteiger partial charge < -0.3 is 40.7 Å². The van der Waals surface area contributed by atoms with Crippen LogP contribution in [0.15, 0.2) is 60.7 Å². The van der Waals surface area contributed by atoms with Gasteiger partial charge in [-0.1, -0.05) is 0 Å². The van der Waals surface area contributed by atoms with E-state index in [0.29, 0.717) is 92.9 Å². The van der Waals surface area contributed by atoms with Crippen LogP contribution in [0.2, 0.25) is 0 Å². The first-order chi connectivity index (χ1) is 27.4. The Morgan fingerprint density at radius 3 is 1.57 bits per heavy atom. The molecule has 0 unspecified atom stereocenters. The fourth-order valence-electron chi connectivity index (χ4n) is 7.75. The summed E-state index contributed by atoms with van der Waals surface area (Å²) in [7, 11) is 0. The van der Waals surface area contributed by atoms with Gasteiger partial charge in [-0.25, -0.2) is 4.98 Å². The number of likely N-dealkylation sites (tertiary alicyclic amines) is 2. The van der Waals surface area contributed by atoms with Crippen molar-refractivity contribution in [1.82, 2.24) is 19.7 Å². The Bertz CT molecular complexity index is 1910. The van der Waals surface area contributed by atoms with E-state index in [1.165, 1.54) is 25.7 Å². The Morgan fingerprint density at radius 2 is 1.02 bits per heavy atom. The summed E-state index contributed by atoms with van der Waals surface area (Å²) in [4.78, 5) is 62.4. The van der Waals surface area contributed by atoms with Gasteiger partial charge in [-0.15, -0.1) is 0 Å². The zero-order valence-electron chi connectivity index (χ0n) is 32.2. The summed E-state index contributed by atoms with van der Waals surface area (Å²) in [5.74, 6) is -0.0215. The smallest absolute Gasteiger partial charge is 0.225 e. The summed E-state index contributed by atoms with van der Waals surface area (Å²) < 4.78 is 5.32. The average molecular weight is 763 g/mol. The van der Waals surface area contributed by atoms with Crippen molar-refractivity contribution in [2.24, 2.45) is 0 Å². The number of unbranched alkanes of at least 4 members (excludes halogenated alkanes) is 1. The van der Waals surface area contributed by atoms with Gasteiger partial charge in [0.25, 0.3) is 0 Å². The Hall–Kier alpha value is -5.11. The van der Waals surface area contributed by atoms with E-state index in [9.17, 15) is 19.2 Å². The molecule has 3 aliphatic rings. The van der Waals surface area contributed by atoms with Crippen molar-refractivity contribution in [2.45, 2.75) is 64.2 Å². The minimum atomic E-state index is -0.0893. The molecule has 3 aromatic carbocycles. The maximum Gasteiger partial charge on any atom is 0.225 e. The molecule has 1 aromatic heterocycles. The standard InChI is InChI=1S/C43H54N8O5/c52-39(7-1-2-8-42(55)51-25-27-56-28-26-51)44-31-9-11-32(12-10-31)47-43-35-15-13-33(45-40(53)17-23-49-19-3-4-20-49)29-37(35)48-38-30-34(14-16-36(38)43)46-41(54)18-24-50-21-5-6-22-50/h9-16,29-30H,1-8,17-28H2,(H,44,52)(H,45,53)(H,46,54)(H,47,48). The zero-order chi connectivity index (χ0) is 38.7. The number of hydrogen-bond donors (Lipinski definition) is 4. The second-order valence-corrected chi connectivity index (χ2v) is 15.1. The molecule has 0 bridgehead atoms. The van der Waals surface area contributed by atoms with Gasteiger partial charge >= 0.3 is 0 Å². The van der Waals surface area contributed by atoms with Crippen LogP contribution in [0.1, 0.15) is 64.2 Å². The maximum absolute atomic E-state index is 12.9. The number of hydrogen-bond acceptors (Lipinski definition) is 9. The topological polar surface area (TPSA) is 148 Å². The van der Waals surface area contributed by atoms with Crippen LogP contribution in [-0.4, -0.2) is 109 Å². The van der Waals surface area contributed by atoms with Crippen LogP contribution in [0.3, 0.4) is 0 Å². The molecule has 0 aliphatic carbocycles. The summed E-state index contributed by atoms with van der Waals surface area (Å²) in [6.45, 7) is 8.15. The van der Waals surface area contributed by atoms with Gasteiger partial charge in [0.1, 0.15) is 0 Å². The van der Waals surface area contributed by atoms with E-state index in [1.807, 2.05) is 65.6 Å². The SMILES string of the molecule is O=C(CCCCC(=O)N1CCOCC1)Nc1ccc(Nc2c3ccc(NC(=O)CCN4CCCC4)cc3nc3cc(NC(=O)CCN4CCCC4)ccc23)cc1. The van der Waals surface area contributed by atoms with Crippen molar-refractivity contribution in [3.05, 3.63) is 60.7 Å². The lowest BCUT2D eigenvalue weighted by Crippen LogP contribution is -2.40. The molecule has 56 heavy (non-hydrogen) atoms. The average Bonchev–Trinajstić information content (AvgIpc) is 3.94. The third kappa shape index (κ3) is 10.8. The van der Waals surface area contributed by atoms with Crippen molar-refractivity contribution in [3.8, 4) is 0 Å². The first-order valence-electron chi connectivity index (χ1n) is 20.3. The number of carbonyl (C=O) groups is 4. The van der Waals surface area contributed by atoms with Crippen molar-refractivity contribution in [1.29, 1.82) is 0 Å². The minimum absolute atomic E-state index is 0.0274. The van der Waals surface area contributed by atoms with E-state index in [-0.39, 0.29) is 23.6 Å². The number of pyridine rings is 1. The molecule has 13 nitrogen and oxygen atoms in total. The molecule has 0 saturated carbocycles. The molecule has 7 rings (SSSR count). The van der Waals surface area contributed by atoms with Gasteiger partial charge in [0.2, 0.25) is 23.6 Å². The van der Waals surface area contributed by atoms with E-state index in [4.69, 9.17) is 9.72 Å². The first-order valence-corrected chi connectivity index (χ1v) is 20.3. The number of aromatic nitrogens is 1. The molecule has 3 aliphatic heterocycles. The number of rotatable bonds is 16. The van der Waals surface area contributed by atoms with E-state index >= 15 is 0 Å². The highest BCUT2D eigenvalue weighted by molar-refractivity contribution is 6.11. The van der Waals surface area contributed by atoms with Crippen molar-refractivity contribution >= 4 is 73.9 Å². The molecule has 0 spiro atoms. The number of amides is 4. The second kappa shape index (κ2) is 19.2. The van der Waals surface area contributed by atoms with E-state index in [1.54, 1.807) is 0 Å². The fraction of sp³-hybridized carbons (Fsp3) is 0.465. The number of ether oxygens (including phenoxy) is 1. The monoisotopic (exact) mass is 762 g/mol. The predicted octanol–water partition coefficient (Wildman–Crippen LogP) is 6.34. The zero-order valence-corrected chi connectivity index (χ0v) is 32.2. The molecule has 4 aromatic rings. The molecule has 0 radical (unpaired) electrons. The highest BCUT2D eigenvalue weighted by Gasteiger charge is 2.18. The van der Waals surface area contributed by atoms with Crippen LogP contribution >= 0.6 is 0 Å². The quantitative estimate of drug-likeness (QED) is 0.0759. The Kier molecular flexibility index (Phi) is 13.4. The van der Waals surface area contributed by atoms with Crippen LogP contribution in [0.4, 0.5) is 28.4 Å². The summed E-state index contributed by atoms with van der Waals surface area (Å²) in [6, 6.07) is 19.1. The number of nitrogens with zero attached hydrogens (tertiary/aromatic N) is 4. The normalized spacial score (nSPS) is 16.3. The molecule has 3 fully saturated rings. The Labute approximate surface area is 328 Å². The predicted molar refractivity (Wildman–Crippen MR) is 221 cm³/mol. The lowest BCUT2D eigenvalue weighted by atomic mass is 10.1. The first kappa shape index (κ1) is 39.1. The van der Waals surface area contributed by atoms with Gasteiger partial charge in [-0.05, 0) is 125 Å². The molecule has 0 atom stereocenters. The van der Waals surface area contributed by atoms with Crippen molar-refractivity contribution < 1.29 is 23.9 Å². The third-order valence-electron chi connectivity index (χ3n) is 10.9. The summed E-state index contributed by atoms with van der Waals surface area (Å²) >= 11 is 0. The summed E-state index contributed by atoms with van der Waals surface area (Å²) in [5, 5.41) is 14.4. The fourth-order valence-corrected chi connectivity index (χ4v) is 7.75. The molecular weight excluding hydrogens is 709 g/mol. The highest BCUT2D eigenvalue weighted by atomic mass is 16.5. The molecular formula is C43H54N8O5. The molecule has 3 saturated heterocycles. The van der Waals surface area contributed by atoms with Crippen molar-refractivity contribution in [2.75, 3.05) is 86.8 Å². The maximum atomic E-state index is 12.9. The minimum Gasteiger partial charge on any atom is -0.378 e. The van der Waals surface area contributed by atoms with E-state index < -0.39 is 0 Å². The van der Waals surface area contributed by atoms with Crippen molar-refractivity contribution in [3.63, 3.8) is 0 Å². The number of fused-ring (bicyclic) bond motifs is 2. The molecule has 13 heteroatoms. The van der Waals surface area contributed by atoms with Gasteiger partial charge in [-0.2, -0.15) is 0 Å². The summed E-state index contributed by atoms with van der Waals surface area (Å²) in [6.07, 6.45) is 7.71. The largest absolute Gasteiger partial charge is 0.378 e. The molecule has 4 N–H and O–H groups in total. The number of nitrogens with one attached hydrogen (secondary N) is 4. The van der Waals surface area contributed by atoms with Crippen LogP contribution < -0.4 is 21.3 Å². The van der Waals surface area contributed by atoms with E-state index in [0.717, 1.165) is 61.4 Å². The molecule has 4 heterocycles. The number of morpholine rings is 1. The summed E-state index contributed by atoms with van der Waals surface area (Å²) in [5.41, 5.74) is 5.10. The second-order valence-electron chi connectivity index (χ2n) is 15.1. The van der Waals surface area contributed by atoms with Crippen LogP contribution in [0.5, 0.6) is 0 Å². The lowest BCUT2D eigenvalue weighted by Gasteiger charge is -2.26. The molecule has 296 valence electrons. The van der Waals surface area contributed by atoms with Crippen LogP contribution in [0.25, 0.3) is 21.8 Å². The molecule has 4 amide bonds. The van der Waals surface area contributed by atoms with Crippen LogP contribution in [-0.2, 0) is 23.9 Å². The Balaban J connectivity index is 1.03. The van der Waals surface area contributed by atoms with Gasteiger partial charge in [0, 0.05) is 85.4 Å². The van der Waals surface area contributed by atoms with E-state index in [2.05, 4.69) is 31.1 Å². The number of carbonyl (C=O) groups excluding carboxylic acids is 4. The number of anilines is 5. The lowest BCUT2D eigenvalue weighted by molar-refractivity contribution is -0.135.